The van der Waals surface area contributed by atoms with Crippen LogP contribution in [-0.2, 0) is 16.1 Å². The van der Waals surface area contributed by atoms with Crippen molar-refractivity contribution in [3.63, 3.8) is 0 Å². The molecule has 2 unspecified atom stereocenters. The third kappa shape index (κ3) is 4.55. The molecule has 2 saturated carbocycles. The van der Waals surface area contributed by atoms with Crippen LogP contribution in [0.15, 0.2) is 24.5 Å². The summed E-state index contributed by atoms with van der Waals surface area (Å²) >= 11 is 0. The van der Waals surface area contributed by atoms with Crippen molar-refractivity contribution in [2.75, 3.05) is 11.9 Å². The van der Waals surface area contributed by atoms with E-state index < -0.39 is 0 Å². The second-order valence-corrected chi connectivity index (χ2v) is 8.93. The number of carbonyl (C=O) groups excluding carboxylic acids is 1. The van der Waals surface area contributed by atoms with Gasteiger partial charge in [0.1, 0.15) is 11.6 Å². The maximum atomic E-state index is 12.1. The van der Waals surface area contributed by atoms with Crippen molar-refractivity contribution in [2.24, 2.45) is 0 Å². The van der Waals surface area contributed by atoms with Crippen molar-refractivity contribution in [3.8, 4) is 0 Å². The van der Waals surface area contributed by atoms with Crippen LogP contribution in [0.3, 0.4) is 0 Å². The Balaban J connectivity index is 1.21. The highest BCUT2D eigenvalue weighted by atomic mass is 16.6. The highest BCUT2D eigenvalue weighted by Crippen LogP contribution is 2.37. The fourth-order valence-electron chi connectivity index (χ4n) is 4.15. The Bertz CT molecular complexity index is 1100. The number of amides is 1. The molecule has 1 amide bonds. The van der Waals surface area contributed by atoms with Crippen molar-refractivity contribution in [1.29, 1.82) is 0 Å². The number of aromatic nitrogens is 5. The van der Waals surface area contributed by atoms with E-state index in [1.165, 1.54) is 0 Å². The molecule has 3 N–H and O–H groups in total. The molecule has 0 aromatic carbocycles. The van der Waals surface area contributed by atoms with E-state index in [1.807, 2.05) is 32.2 Å². The Hall–Kier alpha value is -3.14. The number of H-pyrrole nitrogens is 1. The van der Waals surface area contributed by atoms with Gasteiger partial charge >= 0.3 is 6.09 Å². The molecule has 32 heavy (non-hydrogen) atoms. The first kappa shape index (κ1) is 20.7. The third-order valence-corrected chi connectivity index (χ3v) is 6.24. The summed E-state index contributed by atoms with van der Waals surface area (Å²) in [6, 6.07) is 3.96. The van der Waals surface area contributed by atoms with Crippen molar-refractivity contribution in [3.05, 3.63) is 35.9 Å². The van der Waals surface area contributed by atoms with Crippen LogP contribution in [0.2, 0.25) is 0 Å². The Morgan fingerprint density at radius 2 is 2.22 bits per heavy atom. The number of nitrogens with one attached hydrogen (secondary N) is 3. The quantitative estimate of drug-likeness (QED) is 0.490. The number of hydrogen-bond acceptors (Lipinski definition) is 7. The fourth-order valence-corrected chi connectivity index (χ4v) is 4.15. The van der Waals surface area contributed by atoms with Gasteiger partial charge in [-0.05, 0) is 52.0 Å². The van der Waals surface area contributed by atoms with Gasteiger partial charge in [-0.3, -0.25) is 5.10 Å². The number of carbonyl (C=O) groups is 1. The smallest absolute Gasteiger partial charge is 0.407 e. The molecule has 3 aromatic rings. The lowest BCUT2D eigenvalue weighted by Gasteiger charge is -2.16. The average molecular weight is 440 g/mol. The summed E-state index contributed by atoms with van der Waals surface area (Å²) in [5, 5.41) is 18.3. The highest BCUT2D eigenvalue weighted by molar-refractivity contribution is 5.72. The molecule has 3 heterocycles. The van der Waals surface area contributed by atoms with Gasteiger partial charge in [-0.1, -0.05) is 0 Å². The predicted molar refractivity (Wildman–Crippen MR) is 118 cm³/mol. The van der Waals surface area contributed by atoms with Crippen LogP contribution in [0.5, 0.6) is 0 Å². The predicted octanol–water partition coefficient (Wildman–Crippen LogP) is 3.65. The summed E-state index contributed by atoms with van der Waals surface area (Å²) in [5.41, 5.74) is 2.68. The second-order valence-electron chi connectivity index (χ2n) is 8.93. The molecule has 2 aliphatic carbocycles. The molecule has 0 saturated heterocycles. The van der Waals surface area contributed by atoms with E-state index in [1.54, 1.807) is 10.7 Å². The van der Waals surface area contributed by atoms with E-state index in [-0.39, 0.29) is 23.7 Å². The summed E-state index contributed by atoms with van der Waals surface area (Å²) in [7, 11) is 0. The molecule has 0 spiro atoms. The van der Waals surface area contributed by atoms with Gasteiger partial charge in [-0.25, -0.2) is 14.3 Å². The highest BCUT2D eigenvalue weighted by Gasteiger charge is 2.40. The molecule has 2 atom stereocenters. The van der Waals surface area contributed by atoms with Crippen LogP contribution < -0.4 is 10.6 Å². The number of fused-ring (bicyclic) bond motifs is 1. The van der Waals surface area contributed by atoms with Gasteiger partial charge in [-0.2, -0.15) is 10.2 Å². The van der Waals surface area contributed by atoms with E-state index in [2.05, 4.69) is 30.9 Å². The van der Waals surface area contributed by atoms with Crippen LogP contribution in [-0.4, -0.2) is 49.1 Å². The Morgan fingerprint density at radius 1 is 1.34 bits per heavy atom. The first-order valence-corrected chi connectivity index (χ1v) is 11.2. The molecule has 2 aliphatic rings. The number of alkyl carbamates (subject to hydrolysis) is 1. The third-order valence-electron chi connectivity index (χ3n) is 6.24. The van der Waals surface area contributed by atoms with Gasteiger partial charge in [0.2, 0.25) is 0 Å². The zero-order valence-corrected chi connectivity index (χ0v) is 18.4. The Morgan fingerprint density at radius 3 is 3.03 bits per heavy atom. The monoisotopic (exact) mass is 439 g/mol. The van der Waals surface area contributed by atoms with Crippen LogP contribution in [0, 0.1) is 0 Å². The second kappa shape index (κ2) is 8.42. The van der Waals surface area contributed by atoms with Crippen LogP contribution >= 0.6 is 0 Å². The summed E-state index contributed by atoms with van der Waals surface area (Å²) in [4.78, 5) is 16.5. The van der Waals surface area contributed by atoms with Gasteiger partial charge in [0.25, 0.3) is 0 Å². The first-order chi connectivity index (χ1) is 15.5. The van der Waals surface area contributed by atoms with Gasteiger partial charge in [0.15, 0.2) is 11.6 Å². The zero-order valence-electron chi connectivity index (χ0n) is 18.4. The minimum absolute atomic E-state index is 0.0603. The summed E-state index contributed by atoms with van der Waals surface area (Å²) in [5.74, 6) is 1.65. The Labute approximate surface area is 186 Å². The molecule has 10 nitrogen and oxygen atoms in total. The van der Waals surface area contributed by atoms with Crippen LogP contribution in [0.1, 0.15) is 63.3 Å². The molecule has 2 fully saturated rings. The molecular formula is C22H29N7O3. The van der Waals surface area contributed by atoms with Crippen molar-refractivity contribution >= 4 is 23.2 Å². The average Bonchev–Trinajstić information content (AvgIpc) is 3.18. The van der Waals surface area contributed by atoms with Gasteiger partial charge in [0.05, 0.1) is 12.3 Å². The lowest BCUT2D eigenvalue weighted by Crippen LogP contribution is -2.36. The van der Waals surface area contributed by atoms with Gasteiger partial charge in [0, 0.05) is 42.2 Å². The van der Waals surface area contributed by atoms with Crippen molar-refractivity contribution < 1.29 is 14.3 Å². The van der Waals surface area contributed by atoms with Crippen molar-refractivity contribution in [2.45, 2.75) is 70.1 Å². The first-order valence-electron chi connectivity index (χ1n) is 11.2. The number of ether oxygens (including phenoxy) is 2. The molecule has 10 heteroatoms. The largest absolute Gasteiger partial charge is 0.446 e. The number of aromatic amines is 1. The maximum absolute atomic E-state index is 12.1. The number of nitrogens with zero attached hydrogens (tertiary/aromatic N) is 4. The zero-order chi connectivity index (χ0) is 22.1. The van der Waals surface area contributed by atoms with Crippen LogP contribution in [0.25, 0.3) is 5.52 Å². The van der Waals surface area contributed by atoms with E-state index in [4.69, 9.17) is 9.47 Å². The number of hydrogen-bond donors (Lipinski definition) is 3. The van der Waals surface area contributed by atoms with E-state index >= 15 is 0 Å². The van der Waals surface area contributed by atoms with Gasteiger partial charge in [-0.15, -0.1) is 0 Å². The lowest BCUT2D eigenvalue weighted by molar-refractivity contribution is 0.0967. The minimum Gasteiger partial charge on any atom is -0.446 e. The summed E-state index contributed by atoms with van der Waals surface area (Å²) in [6.07, 6.45) is 7.80. The maximum Gasteiger partial charge on any atom is 0.407 e. The SMILES string of the molecule is CCOCc1cc2c(Nc3cc(C4CCC(OC(=O)NC5(C)CC5)C4)[nH]n3)nccn2n1. The molecule has 170 valence electrons. The molecular weight excluding hydrogens is 410 g/mol. The minimum atomic E-state index is -0.300. The van der Waals surface area contributed by atoms with Gasteiger partial charge < -0.3 is 20.1 Å². The topological polar surface area (TPSA) is 118 Å². The molecule has 3 aromatic heterocycles. The normalized spacial score (nSPS) is 21.6. The number of rotatable bonds is 8. The lowest BCUT2D eigenvalue weighted by atomic mass is 10.0. The number of anilines is 2. The van der Waals surface area contributed by atoms with E-state index in [0.29, 0.717) is 24.8 Å². The fraction of sp³-hybridized carbons (Fsp3) is 0.545. The Kier molecular flexibility index (Phi) is 5.46. The van der Waals surface area contributed by atoms with E-state index in [0.717, 1.165) is 49.0 Å². The van der Waals surface area contributed by atoms with E-state index in [9.17, 15) is 4.79 Å². The molecule has 5 rings (SSSR count). The molecule has 0 aliphatic heterocycles. The summed E-state index contributed by atoms with van der Waals surface area (Å²) < 4.78 is 12.9. The summed E-state index contributed by atoms with van der Waals surface area (Å²) in [6.45, 7) is 5.11. The van der Waals surface area contributed by atoms with Crippen molar-refractivity contribution in [1.82, 2.24) is 30.1 Å². The standard InChI is InChI=1S/C22H29N7O3/c1-3-31-13-15-11-18-20(23-8-9-29(18)28-15)24-19-12-17(26-27-19)14-4-5-16(10-14)32-21(30)25-22(2)6-7-22/h8-9,11-12,14,16H,3-7,10,13H2,1-2H3,(H,25,30)(H2,23,24,26,27). The molecule has 0 radical (unpaired) electrons. The molecule has 0 bridgehead atoms. The van der Waals surface area contributed by atoms with Crippen LogP contribution in [0.4, 0.5) is 16.4 Å².